The number of aliphatic imine (C=N–C) groups is 1. The number of likely N-dealkylation sites (N-methyl/N-ethyl adjacent to an activating group) is 1. The molecule has 0 saturated carbocycles. The Morgan fingerprint density at radius 3 is 2.66 bits per heavy atom. The molecule has 0 unspecified atom stereocenters. The fraction of sp³-hybridized carbons (Fsp3) is 0.429. The van der Waals surface area contributed by atoms with Crippen molar-refractivity contribution in [2.75, 3.05) is 32.2 Å². The average Bonchev–Trinajstić information content (AvgIpc) is 2.98. The molecule has 1 aromatic carbocycles. The summed E-state index contributed by atoms with van der Waals surface area (Å²) in [6.07, 6.45) is 0. The molecule has 3 rings (SSSR count). The van der Waals surface area contributed by atoms with Gasteiger partial charge >= 0.3 is 0 Å². The fourth-order valence-corrected chi connectivity index (χ4v) is 3.43. The number of aryl methyl sites for hydroxylation is 1. The minimum atomic E-state index is -0.153. The van der Waals surface area contributed by atoms with Gasteiger partial charge in [0.2, 0.25) is 0 Å². The van der Waals surface area contributed by atoms with Crippen molar-refractivity contribution in [2.45, 2.75) is 33.6 Å². The lowest BCUT2D eigenvalue weighted by atomic mass is 10.0. The number of ether oxygens (including phenoxy) is 1. The van der Waals surface area contributed by atoms with Crippen LogP contribution in [-0.4, -0.2) is 53.5 Å². The van der Waals surface area contributed by atoms with E-state index in [0.717, 1.165) is 5.69 Å². The van der Waals surface area contributed by atoms with Crippen molar-refractivity contribution >= 4 is 22.8 Å². The van der Waals surface area contributed by atoms with E-state index in [-0.39, 0.29) is 18.1 Å². The van der Waals surface area contributed by atoms with Crippen LogP contribution in [0.15, 0.2) is 33.1 Å². The number of methoxy groups -OCH3 is 1. The summed E-state index contributed by atoms with van der Waals surface area (Å²) in [5, 5.41) is 13.5. The highest BCUT2D eigenvalue weighted by atomic mass is 16.5. The summed E-state index contributed by atoms with van der Waals surface area (Å²) >= 11 is 0. The predicted octanol–water partition coefficient (Wildman–Crippen LogP) is 2.47. The zero-order valence-corrected chi connectivity index (χ0v) is 17.7. The SMILES string of the molecule is COc1cc(N(C)CCO)ccc1N=C1C(C)=Nn2c1nc(C)c(C(C)C)c2=O. The normalized spacial score (nSPS) is 14.3. The van der Waals surface area contributed by atoms with Gasteiger partial charge in [-0.25, -0.2) is 9.98 Å². The molecule has 8 nitrogen and oxygen atoms in total. The molecule has 0 aliphatic carbocycles. The van der Waals surface area contributed by atoms with E-state index in [2.05, 4.69) is 10.1 Å². The first kappa shape index (κ1) is 20.7. The van der Waals surface area contributed by atoms with E-state index in [4.69, 9.17) is 14.8 Å². The van der Waals surface area contributed by atoms with Crippen LogP contribution >= 0.6 is 0 Å². The first-order chi connectivity index (χ1) is 13.8. The van der Waals surface area contributed by atoms with Crippen LogP contribution in [0.1, 0.15) is 43.8 Å². The van der Waals surface area contributed by atoms with E-state index in [1.807, 2.05) is 57.8 Å². The quantitative estimate of drug-likeness (QED) is 0.808. The van der Waals surface area contributed by atoms with E-state index in [1.54, 1.807) is 7.11 Å². The van der Waals surface area contributed by atoms with Crippen molar-refractivity contribution in [1.82, 2.24) is 9.66 Å². The van der Waals surface area contributed by atoms with Crippen LogP contribution < -0.4 is 15.2 Å². The highest BCUT2D eigenvalue weighted by molar-refractivity contribution is 6.48. The van der Waals surface area contributed by atoms with Crippen molar-refractivity contribution in [2.24, 2.45) is 10.1 Å². The maximum atomic E-state index is 12.9. The van der Waals surface area contributed by atoms with Crippen LogP contribution in [-0.2, 0) is 0 Å². The molecule has 154 valence electrons. The number of nitrogens with zero attached hydrogens (tertiary/aromatic N) is 5. The van der Waals surface area contributed by atoms with Crippen LogP contribution in [0.2, 0.25) is 0 Å². The topological polar surface area (TPSA) is 92.3 Å². The maximum Gasteiger partial charge on any atom is 0.278 e. The zero-order chi connectivity index (χ0) is 21.3. The first-order valence-electron chi connectivity index (χ1n) is 9.57. The Kier molecular flexibility index (Phi) is 5.83. The summed E-state index contributed by atoms with van der Waals surface area (Å²) in [4.78, 5) is 24.2. The molecule has 1 aliphatic heterocycles. The van der Waals surface area contributed by atoms with E-state index < -0.39 is 0 Å². The number of fused-ring (bicyclic) bond motifs is 1. The molecule has 1 N–H and O–H groups in total. The average molecular weight is 397 g/mol. The molecule has 0 atom stereocenters. The van der Waals surface area contributed by atoms with Gasteiger partial charge in [-0.1, -0.05) is 13.8 Å². The predicted molar refractivity (Wildman–Crippen MR) is 115 cm³/mol. The summed E-state index contributed by atoms with van der Waals surface area (Å²) in [6, 6.07) is 5.62. The van der Waals surface area contributed by atoms with Crippen molar-refractivity contribution in [3.05, 3.63) is 45.6 Å². The van der Waals surface area contributed by atoms with Crippen LogP contribution in [0.3, 0.4) is 0 Å². The van der Waals surface area contributed by atoms with E-state index in [1.165, 1.54) is 4.68 Å². The van der Waals surface area contributed by atoms with Gasteiger partial charge in [-0.2, -0.15) is 9.78 Å². The molecule has 8 heteroatoms. The Bertz CT molecular complexity index is 1050. The van der Waals surface area contributed by atoms with Gasteiger partial charge in [-0.05, 0) is 31.9 Å². The Labute approximate surface area is 170 Å². The third-order valence-electron chi connectivity index (χ3n) is 4.94. The van der Waals surface area contributed by atoms with Crippen LogP contribution in [0.5, 0.6) is 5.75 Å². The zero-order valence-electron chi connectivity index (χ0n) is 17.7. The molecular weight excluding hydrogens is 370 g/mol. The molecule has 0 saturated heterocycles. The largest absolute Gasteiger partial charge is 0.494 e. The fourth-order valence-electron chi connectivity index (χ4n) is 3.43. The number of hydrogen-bond acceptors (Lipinski definition) is 7. The number of benzene rings is 1. The summed E-state index contributed by atoms with van der Waals surface area (Å²) in [6.45, 7) is 8.18. The van der Waals surface area contributed by atoms with Crippen LogP contribution in [0.4, 0.5) is 11.4 Å². The van der Waals surface area contributed by atoms with E-state index in [9.17, 15) is 4.79 Å². The summed E-state index contributed by atoms with van der Waals surface area (Å²) in [7, 11) is 3.48. The summed E-state index contributed by atoms with van der Waals surface area (Å²) in [5.41, 5.74) is 3.91. The maximum absolute atomic E-state index is 12.9. The first-order valence-corrected chi connectivity index (χ1v) is 9.57. The van der Waals surface area contributed by atoms with Crippen LogP contribution in [0, 0.1) is 6.92 Å². The molecule has 2 heterocycles. The second-order valence-electron chi connectivity index (χ2n) is 7.35. The summed E-state index contributed by atoms with van der Waals surface area (Å²) in [5.74, 6) is 1.09. The number of anilines is 1. The van der Waals surface area contributed by atoms with Gasteiger partial charge < -0.3 is 14.7 Å². The van der Waals surface area contributed by atoms with Crippen molar-refractivity contribution in [3.8, 4) is 5.75 Å². The van der Waals surface area contributed by atoms with Crippen molar-refractivity contribution < 1.29 is 9.84 Å². The van der Waals surface area contributed by atoms with Crippen molar-refractivity contribution in [1.29, 1.82) is 0 Å². The molecule has 0 amide bonds. The minimum absolute atomic E-state index is 0.0628. The van der Waals surface area contributed by atoms with Gasteiger partial charge in [0.25, 0.3) is 5.56 Å². The highest BCUT2D eigenvalue weighted by Crippen LogP contribution is 2.32. The van der Waals surface area contributed by atoms with E-state index in [0.29, 0.717) is 46.5 Å². The lowest BCUT2D eigenvalue weighted by Gasteiger charge is -2.19. The Morgan fingerprint density at radius 2 is 2.03 bits per heavy atom. The van der Waals surface area contributed by atoms with E-state index >= 15 is 0 Å². The molecule has 2 aromatic rings. The Morgan fingerprint density at radius 1 is 1.31 bits per heavy atom. The van der Waals surface area contributed by atoms with Crippen molar-refractivity contribution in [3.63, 3.8) is 0 Å². The smallest absolute Gasteiger partial charge is 0.278 e. The second-order valence-corrected chi connectivity index (χ2v) is 7.35. The standard InChI is InChI=1S/C21H27N5O3/c1-12(2)18-13(3)22-20-19(14(4)24-26(20)21(18)28)23-16-8-7-15(11-17(16)29-6)25(5)9-10-27/h7-8,11-12,27H,9-10H2,1-6H3. The number of aliphatic hydroxyl groups excluding tert-OH is 1. The molecule has 0 radical (unpaired) electrons. The lowest BCUT2D eigenvalue weighted by Crippen LogP contribution is -2.27. The Balaban J connectivity index is 2.10. The van der Waals surface area contributed by atoms with Gasteiger partial charge in [0.15, 0.2) is 5.82 Å². The minimum Gasteiger partial charge on any atom is -0.494 e. The highest BCUT2D eigenvalue weighted by Gasteiger charge is 2.26. The van der Waals surface area contributed by atoms with Gasteiger partial charge in [0.1, 0.15) is 17.1 Å². The number of aliphatic hydroxyl groups is 1. The lowest BCUT2D eigenvalue weighted by molar-refractivity contribution is 0.304. The molecule has 0 spiro atoms. The number of aromatic nitrogens is 2. The molecular formula is C21H27N5O3. The molecule has 0 fully saturated rings. The third-order valence-corrected chi connectivity index (χ3v) is 4.94. The monoisotopic (exact) mass is 397 g/mol. The molecule has 1 aliphatic rings. The van der Waals surface area contributed by atoms with Gasteiger partial charge in [0, 0.05) is 36.6 Å². The van der Waals surface area contributed by atoms with Gasteiger partial charge in [-0.3, -0.25) is 4.79 Å². The van der Waals surface area contributed by atoms with Crippen LogP contribution in [0.25, 0.3) is 0 Å². The molecule has 0 bridgehead atoms. The third kappa shape index (κ3) is 3.80. The number of hydrogen-bond donors (Lipinski definition) is 1. The summed E-state index contributed by atoms with van der Waals surface area (Å²) < 4.78 is 6.86. The second kappa shape index (κ2) is 8.16. The Hall–Kier alpha value is -3.00. The van der Waals surface area contributed by atoms with Gasteiger partial charge in [-0.15, -0.1) is 0 Å². The molecule has 1 aromatic heterocycles. The molecule has 29 heavy (non-hydrogen) atoms. The number of rotatable bonds is 6. The van der Waals surface area contributed by atoms with Gasteiger partial charge in [0.05, 0.1) is 19.4 Å².